The minimum atomic E-state index is -0.708. The molecule has 0 saturated carbocycles. The predicted molar refractivity (Wildman–Crippen MR) is 86.2 cm³/mol. The highest BCUT2D eigenvalue weighted by Gasteiger charge is 2.16. The molecule has 2 aromatic rings. The number of carbonyl (C=O) groups excluding carboxylic acids is 1. The molecule has 0 atom stereocenters. The number of primary amides is 1. The lowest BCUT2D eigenvalue weighted by molar-refractivity contribution is 0.0998. The molecule has 0 spiro atoms. The van der Waals surface area contributed by atoms with E-state index in [0.717, 1.165) is 0 Å². The summed E-state index contributed by atoms with van der Waals surface area (Å²) < 4.78 is 0. The Balaban J connectivity index is 2.60. The van der Waals surface area contributed by atoms with Gasteiger partial charge in [-0.25, -0.2) is 0 Å². The summed E-state index contributed by atoms with van der Waals surface area (Å²) in [6.07, 6.45) is 0. The third kappa shape index (κ3) is 3.06. The van der Waals surface area contributed by atoms with Gasteiger partial charge in [0.2, 0.25) is 0 Å². The van der Waals surface area contributed by atoms with E-state index in [9.17, 15) is 9.90 Å². The van der Waals surface area contributed by atoms with E-state index in [2.05, 4.69) is 5.32 Å². The van der Waals surface area contributed by atoms with Crippen LogP contribution in [-0.2, 0) is 0 Å². The number of aromatic hydroxyl groups is 1. The molecule has 0 saturated heterocycles. The van der Waals surface area contributed by atoms with Crippen LogP contribution in [0.4, 0.5) is 5.69 Å². The van der Waals surface area contributed by atoms with Crippen LogP contribution in [0.3, 0.4) is 0 Å². The molecular formula is C15H14Cl2N2O2. The predicted octanol–water partition coefficient (Wildman–Crippen LogP) is 3.90. The molecule has 0 fully saturated rings. The van der Waals surface area contributed by atoms with Gasteiger partial charge in [0.1, 0.15) is 5.75 Å². The second-order valence-electron chi connectivity index (χ2n) is 4.41. The van der Waals surface area contributed by atoms with Gasteiger partial charge in [-0.2, -0.15) is 0 Å². The number of amides is 1. The Hall–Kier alpha value is -1.91. The summed E-state index contributed by atoms with van der Waals surface area (Å²) in [6, 6.07) is 8.04. The number of nitrogens with one attached hydrogen (secondary N) is 1. The van der Waals surface area contributed by atoms with Gasteiger partial charge >= 0.3 is 0 Å². The number of anilines is 1. The zero-order chi connectivity index (χ0) is 15.6. The maximum absolute atomic E-state index is 11.3. The van der Waals surface area contributed by atoms with E-state index >= 15 is 0 Å². The monoisotopic (exact) mass is 324 g/mol. The van der Waals surface area contributed by atoms with Gasteiger partial charge in [0.05, 0.1) is 21.3 Å². The van der Waals surface area contributed by atoms with Crippen LogP contribution in [0.5, 0.6) is 5.75 Å². The number of phenols is 1. The highest BCUT2D eigenvalue weighted by atomic mass is 35.5. The van der Waals surface area contributed by atoms with Crippen LogP contribution in [0.15, 0.2) is 30.3 Å². The van der Waals surface area contributed by atoms with Crippen molar-refractivity contribution >= 4 is 34.8 Å². The molecule has 0 aliphatic carbocycles. The van der Waals surface area contributed by atoms with Crippen LogP contribution >= 0.6 is 23.2 Å². The summed E-state index contributed by atoms with van der Waals surface area (Å²) in [7, 11) is 0. The Morgan fingerprint density at radius 2 is 1.95 bits per heavy atom. The van der Waals surface area contributed by atoms with E-state index in [4.69, 9.17) is 28.9 Å². The van der Waals surface area contributed by atoms with Gasteiger partial charge in [-0.3, -0.25) is 4.79 Å². The summed E-state index contributed by atoms with van der Waals surface area (Å²) in [5.41, 5.74) is 6.90. The van der Waals surface area contributed by atoms with E-state index in [0.29, 0.717) is 33.4 Å². The molecular weight excluding hydrogens is 311 g/mol. The van der Waals surface area contributed by atoms with E-state index in [1.807, 2.05) is 6.92 Å². The van der Waals surface area contributed by atoms with Crippen LogP contribution in [0.1, 0.15) is 17.3 Å². The topological polar surface area (TPSA) is 75.3 Å². The van der Waals surface area contributed by atoms with Gasteiger partial charge in [0.25, 0.3) is 5.91 Å². The number of carbonyl (C=O) groups is 1. The summed E-state index contributed by atoms with van der Waals surface area (Å²) in [4.78, 5) is 11.3. The largest absolute Gasteiger partial charge is 0.506 e. The van der Waals surface area contributed by atoms with E-state index in [1.54, 1.807) is 24.3 Å². The Bertz CT molecular complexity index is 702. The first kappa shape index (κ1) is 15.5. The summed E-state index contributed by atoms with van der Waals surface area (Å²) >= 11 is 12.4. The van der Waals surface area contributed by atoms with Crippen molar-refractivity contribution in [3.8, 4) is 16.9 Å². The molecule has 0 bridgehead atoms. The average molecular weight is 325 g/mol. The van der Waals surface area contributed by atoms with E-state index in [1.165, 1.54) is 6.07 Å². The van der Waals surface area contributed by atoms with Crippen LogP contribution in [0.25, 0.3) is 11.1 Å². The van der Waals surface area contributed by atoms with Crippen LogP contribution in [0.2, 0.25) is 10.0 Å². The van der Waals surface area contributed by atoms with Crippen molar-refractivity contribution < 1.29 is 9.90 Å². The molecule has 0 aromatic heterocycles. The molecule has 0 radical (unpaired) electrons. The minimum absolute atomic E-state index is 0.0375. The van der Waals surface area contributed by atoms with Gasteiger partial charge in [-0.1, -0.05) is 35.3 Å². The number of hydrogen-bond donors (Lipinski definition) is 3. The van der Waals surface area contributed by atoms with Gasteiger partial charge in [0.15, 0.2) is 0 Å². The second kappa shape index (κ2) is 6.24. The number of rotatable bonds is 4. The zero-order valence-electron chi connectivity index (χ0n) is 11.3. The van der Waals surface area contributed by atoms with E-state index in [-0.39, 0.29) is 11.3 Å². The fourth-order valence-corrected chi connectivity index (χ4v) is 2.53. The van der Waals surface area contributed by atoms with E-state index < -0.39 is 5.91 Å². The fourth-order valence-electron chi connectivity index (χ4n) is 2.04. The lowest BCUT2D eigenvalue weighted by Crippen LogP contribution is -2.11. The average Bonchev–Trinajstić information content (AvgIpc) is 2.43. The van der Waals surface area contributed by atoms with Gasteiger partial charge in [-0.05, 0) is 25.1 Å². The van der Waals surface area contributed by atoms with Crippen molar-refractivity contribution in [1.29, 1.82) is 0 Å². The smallest absolute Gasteiger partial charge is 0.252 e. The molecule has 21 heavy (non-hydrogen) atoms. The van der Waals surface area contributed by atoms with Crippen molar-refractivity contribution in [1.82, 2.24) is 0 Å². The molecule has 6 heteroatoms. The van der Waals surface area contributed by atoms with Crippen molar-refractivity contribution in [3.05, 3.63) is 45.9 Å². The lowest BCUT2D eigenvalue weighted by Gasteiger charge is -2.13. The van der Waals surface area contributed by atoms with Gasteiger partial charge in [-0.15, -0.1) is 0 Å². The quantitative estimate of drug-likeness (QED) is 0.798. The maximum atomic E-state index is 11.3. The first-order chi connectivity index (χ1) is 9.95. The summed E-state index contributed by atoms with van der Waals surface area (Å²) in [5.74, 6) is -0.917. The highest BCUT2D eigenvalue weighted by molar-refractivity contribution is 6.37. The number of hydrogen-bond acceptors (Lipinski definition) is 3. The molecule has 2 aromatic carbocycles. The maximum Gasteiger partial charge on any atom is 0.252 e. The molecule has 0 aliphatic heterocycles. The molecule has 1 amide bonds. The molecule has 0 aliphatic rings. The normalized spacial score (nSPS) is 10.4. The molecule has 0 unspecified atom stereocenters. The van der Waals surface area contributed by atoms with Crippen molar-refractivity contribution in [2.24, 2.45) is 5.73 Å². The van der Waals surface area contributed by atoms with Crippen LogP contribution in [-0.4, -0.2) is 17.6 Å². The SMILES string of the molecule is CCNc1cc(Cl)c(-c2cccc(C(N)=O)c2O)cc1Cl. The standard InChI is InChI=1S/C15H14Cl2N2O2/c1-2-19-13-7-11(16)10(6-12(13)17)8-4-3-5-9(14(8)20)15(18)21/h3-7,19-20H,2H2,1H3,(H2,18,21). The first-order valence-corrected chi connectivity index (χ1v) is 7.06. The Morgan fingerprint density at radius 1 is 1.24 bits per heavy atom. The first-order valence-electron chi connectivity index (χ1n) is 6.30. The summed E-state index contributed by atoms with van der Waals surface area (Å²) in [5, 5.41) is 14.2. The number of para-hydroxylation sites is 1. The van der Waals surface area contributed by atoms with Crippen LogP contribution < -0.4 is 11.1 Å². The lowest BCUT2D eigenvalue weighted by atomic mass is 10.0. The molecule has 2 rings (SSSR count). The molecule has 110 valence electrons. The fraction of sp³-hybridized carbons (Fsp3) is 0.133. The van der Waals surface area contributed by atoms with Gasteiger partial charge in [0, 0.05) is 17.7 Å². The van der Waals surface area contributed by atoms with Crippen LogP contribution in [0, 0.1) is 0 Å². The Morgan fingerprint density at radius 3 is 2.57 bits per heavy atom. The second-order valence-corrected chi connectivity index (χ2v) is 5.22. The van der Waals surface area contributed by atoms with Gasteiger partial charge < -0.3 is 16.2 Å². The Kier molecular flexibility index (Phi) is 4.60. The minimum Gasteiger partial charge on any atom is -0.506 e. The van der Waals surface area contributed by atoms with Crippen molar-refractivity contribution in [2.75, 3.05) is 11.9 Å². The third-order valence-electron chi connectivity index (χ3n) is 3.02. The highest BCUT2D eigenvalue weighted by Crippen LogP contribution is 2.40. The molecule has 4 N–H and O–H groups in total. The Labute approximate surface area is 132 Å². The summed E-state index contributed by atoms with van der Waals surface area (Å²) in [6.45, 7) is 2.65. The third-order valence-corrected chi connectivity index (χ3v) is 3.64. The number of halogens is 2. The number of nitrogens with two attached hydrogens (primary N) is 1. The zero-order valence-corrected chi connectivity index (χ0v) is 12.8. The molecule has 4 nitrogen and oxygen atoms in total. The van der Waals surface area contributed by atoms with Crippen molar-refractivity contribution in [3.63, 3.8) is 0 Å². The van der Waals surface area contributed by atoms with Crippen molar-refractivity contribution in [2.45, 2.75) is 6.92 Å². The number of benzene rings is 2. The molecule has 0 heterocycles.